The van der Waals surface area contributed by atoms with E-state index in [1.165, 1.54) is 18.4 Å². The maximum atomic E-state index is 12.2. The van der Waals surface area contributed by atoms with Crippen molar-refractivity contribution in [1.82, 2.24) is 25.1 Å². The molecule has 8 nitrogen and oxygen atoms in total. The molecule has 0 aromatic carbocycles. The Hall–Kier alpha value is -2.13. The smallest absolute Gasteiger partial charge is 0.249 e. The second kappa shape index (κ2) is 6.97. The van der Waals surface area contributed by atoms with E-state index in [0.29, 0.717) is 16.8 Å². The summed E-state index contributed by atoms with van der Waals surface area (Å²) in [6, 6.07) is 1.84. The fourth-order valence-electron chi connectivity index (χ4n) is 2.74. The lowest BCUT2D eigenvalue weighted by atomic mass is 10.1. The van der Waals surface area contributed by atoms with Crippen molar-refractivity contribution in [1.29, 1.82) is 0 Å². The summed E-state index contributed by atoms with van der Waals surface area (Å²) in [4.78, 5) is 22.9. The number of hydrogen-bond donors (Lipinski definition) is 1. The zero-order valence-corrected chi connectivity index (χ0v) is 13.8. The number of aromatic nitrogens is 4. The van der Waals surface area contributed by atoms with Crippen molar-refractivity contribution in [2.24, 2.45) is 0 Å². The second-order valence-electron chi connectivity index (χ2n) is 5.27. The molecular formula is C14H18N6O2S. The van der Waals surface area contributed by atoms with Crippen molar-refractivity contribution in [2.45, 2.75) is 25.8 Å². The molecule has 1 N–H and O–H groups in total. The number of ether oxygens (including phenoxy) is 1. The van der Waals surface area contributed by atoms with Crippen molar-refractivity contribution in [2.75, 3.05) is 25.6 Å². The topological polar surface area (TPSA) is 93.1 Å². The molecule has 122 valence electrons. The Kier molecular flexibility index (Phi) is 4.77. The fraction of sp³-hybridized carbons (Fsp3) is 0.500. The molecule has 0 saturated carbocycles. The molecule has 1 amide bonds. The molecule has 1 saturated heterocycles. The van der Waals surface area contributed by atoms with Gasteiger partial charge in [-0.3, -0.25) is 4.79 Å². The van der Waals surface area contributed by atoms with Gasteiger partial charge in [0.15, 0.2) is 0 Å². The third kappa shape index (κ3) is 3.62. The number of carbonyl (C=O) groups excluding carboxylic acids is 1. The standard InChI is InChI=1S/C14H18N6O2S/c1-9-16-10(6-12(17-9)18-14-19-15-8-23-14)11-4-3-5-20(11)13(21)7-22-2/h6,8,11H,3-5,7H2,1-2H3,(H,16,17,18,19)/t11-/m1/s1. The average molecular weight is 334 g/mol. The molecule has 1 aliphatic rings. The summed E-state index contributed by atoms with van der Waals surface area (Å²) in [6.45, 7) is 2.66. The van der Waals surface area contributed by atoms with Crippen LogP contribution in [-0.4, -0.2) is 51.2 Å². The van der Waals surface area contributed by atoms with Crippen molar-refractivity contribution >= 4 is 28.2 Å². The lowest BCUT2D eigenvalue weighted by Crippen LogP contribution is -2.33. The number of amides is 1. The first-order chi connectivity index (χ1) is 11.2. The van der Waals surface area contributed by atoms with Gasteiger partial charge < -0.3 is 15.0 Å². The molecule has 2 aromatic heterocycles. The van der Waals surface area contributed by atoms with Crippen LogP contribution in [0.3, 0.4) is 0 Å². The number of rotatable bonds is 5. The molecule has 23 heavy (non-hydrogen) atoms. The number of aryl methyl sites for hydroxylation is 1. The Morgan fingerprint density at radius 1 is 1.52 bits per heavy atom. The molecule has 3 rings (SSSR count). The number of carbonyl (C=O) groups is 1. The summed E-state index contributed by atoms with van der Waals surface area (Å²) in [7, 11) is 1.53. The van der Waals surface area contributed by atoms with Gasteiger partial charge in [-0.1, -0.05) is 11.3 Å². The highest BCUT2D eigenvalue weighted by Crippen LogP contribution is 2.32. The lowest BCUT2D eigenvalue weighted by molar-refractivity contribution is -0.136. The van der Waals surface area contributed by atoms with Crippen molar-refractivity contribution in [3.8, 4) is 0 Å². The molecule has 0 aliphatic carbocycles. The monoisotopic (exact) mass is 334 g/mol. The number of nitrogens with one attached hydrogen (secondary N) is 1. The molecule has 2 aromatic rings. The van der Waals surface area contributed by atoms with E-state index in [4.69, 9.17) is 4.74 Å². The predicted octanol–water partition coefficient (Wildman–Crippen LogP) is 1.69. The normalized spacial score (nSPS) is 17.5. The summed E-state index contributed by atoms with van der Waals surface area (Å²) < 4.78 is 4.97. The van der Waals surface area contributed by atoms with Gasteiger partial charge in [0, 0.05) is 19.7 Å². The average Bonchev–Trinajstić information content (AvgIpc) is 3.17. The van der Waals surface area contributed by atoms with Crippen LogP contribution in [0.2, 0.25) is 0 Å². The molecular weight excluding hydrogens is 316 g/mol. The largest absolute Gasteiger partial charge is 0.375 e. The van der Waals surface area contributed by atoms with Gasteiger partial charge >= 0.3 is 0 Å². The minimum Gasteiger partial charge on any atom is -0.375 e. The van der Waals surface area contributed by atoms with Gasteiger partial charge in [0.1, 0.15) is 23.8 Å². The van der Waals surface area contributed by atoms with E-state index >= 15 is 0 Å². The first kappa shape index (κ1) is 15.8. The van der Waals surface area contributed by atoms with E-state index in [1.54, 1.807) is 5.51 Å². The number of likely N-dealkylation sites (tertiary alicyclic amines) is 1. The Bertz CT molecular complexity index is 678. The Morgan fingerprint density at radius 3 is 3.13 bits per heavy atom. The summed E-state index contributed by atoms with van der Waals surface area (Å²) in [5, 5.41) is 11.5. The van der Waals surface area contributed by atoms with Gasteiger partial charge in [0.25, 0.3) is 0 Å². The molecule has 0 radical (unpaired) electrons. The minimum atomic E-state index is -0.0330. The SMILES string of the molecule is COCC(=O)N1CCC[C@@H]1c1cc(Nc2nncs2)nc(C)n1. The van der Waals surface area contributed by atoms with E-state index in [-0.39, 0.29) is 18.6 Å². The fourth-order valence-corrected chi connectivity index (χ4v) is 3.19. The van der Waals surface area contributed by atoms with Crippen molar-refractivity contribution < 1.29 is 9.53 Å². The van der Waals surface area contributed by atoms with Crippen LogP contribution in [-0.2, 0) is 9.53 Å². The summed E-state index contributed by atoms with van der Waals surface area (Å²) >= 11 is 1.40. The minimum absolute atomic E-state index is 0.00935. The third-order valence-electron chi connectivity index (χ3n) is 3.64. The van der Waals surface area contributed by atoms with Crippen LogP contribution in [0.15, 0.2) is 11.6 Å². The molecule has 1 aliphatic heterocycles. The summed E-state index contributed by atoms with van der Waals surface area (Å²) in [5.41, 5.74) is 2.49. The maximum Gasteiger partial charge on any atom is 0.249 e. The van der Waals surface area contributed by atoms with Crippen LogP contribution in [0.4, 0.5) is 10.9 Å². The second-order valence-corrected chi connectivity index (χ2v) is 6.11. The highest BCUT2D eigenvalue weighted by Gasteiger charge is 2.31. The Labute approximate surface area is 137 Å². The highest BCUT2D eigenvalue weighted by molar-refractivity contribution is 7.13. The first-order valence-electron chi connectivity index (χ1n) is 7.34. The van der Waals surface area contributed by atoms with Crippen LogP contribution in [0.1, 0.15) is 30.4 Å². The summed E-state index contributed by atoms with van der Waals surface area (Å²) in [5.74, 6) is 1.31. The van der Waals surface area contributed by atoms with Gasteiger partial charge in [0.2, 0.25) is 11.0 Å². The molecule has 1 fully saturated rings. The third-order valence-corrected chi connectivity index (χ3v) is 4.24. The van der Waals surface area contributed by atoms with Gasteiger partial charge in [-0.2, -0.15) is 0 Å². The molecule has 3 heterocycles. The van der Waals surface area contributed by atoms with Gasteiger partial charge in [-0.15, -0.1) is 10.2 Å². The van der Waals surface area contributed by atoms with Crippen molar-refractivity contribution in [3.63, 3.8) is 0 Å². The Balaban J connectivity index is 1.84. The van der Waals surface area contributed by atoms with Crippen LogP contribution >= 0.6 is 11.3 Å². The number of methoxy groups -OCH3 is 1. The lowest BCUT2D eigenvalue weighted by Gasteiger charge is -2.24. The zero-order chi connectivity index (χ0) is 16.2. The van der Waals surface area contributed by atoms with E-state index in [2.05, 4.69) is 25.5 Å². The highest BCUT2D eigenvalue weighted by atomic mass is 32.1. The number of nitrogens with zero attached hydrogens (tertiary/aromatic N) is 5. The quantitative estimate of drug-likeness (QED) is 0.889. The number of anilines is 2. The maximum absolute atomic E-state index is 12.2. The molecule has 9 heteroatoms. The molecule has 0 unspecified atom stereocenters. The van der Waals surface area contributed by atoms with E-state index in [0.717, 1.165) is 25.1 Å². The van der Waals surface area contributed by atoms with Gasteiger partial charge in [-0.05, 0) is 19.8 Å². The van der Waals surface area contributed by atoms with Gasteiger partial charge in [0.05, 0.1) is 11.7 Å². The van der Waals surface area contributed by atoms with Gasteiger partial charge in [-0.25, -0.2) is 9.97 Å². The van der Waals surface area contributed by atoms with Crippen molar-refractivity contribution in [3.05, 3.63) is 23.1 Å². The molecule has 0 bridgehead atoms. The first-order valence-corrected chi connectivity index (χ1v) is 8.22. The van der Waals surface area contributed by atoms with E-state index in [9.17, 15) is 4.79 Å². The Morgan fingerprint density at radius 2 is 2.39 bits per heavy atom. The molecule has 1 atom stereocenters. The van der Waals surface area contributed by atoms with Crippen LogP contribution in [0, 0.1) is 6.92 Å². The van der Waals surface area contributed by atoms with Crippen LogP contribution in [0.5, 0.6) is 0 Å². The van der Waals surface area contributed by atoms with Crippen LogP contribution in [0.25, 0.3) is 0 Å². The summed E-state index contributed by atoms with van der Waals surface area (Å²) in [6.07, 6.45) is 1.85. The number of hydrogen-bond acceptors (Lipinski definition) is 8. The molecule has 0 spiro atoms. The van der Waals surface area contributed by atoms with E-state index in [1.807, 2.05) is 17.9 Å². The predicted molar refractivity (Wildman–Crippen MR) is 85.5 cm³/mol. The van der Waals surface area contributed by atoms with E-state index < -0.39 is 0 Å². The zero-order valence-electron chi connectivity index (χ0n) is 13.0. The van der Waals surface area contributed by atoms with Crippen LogP contribution < -0.4 is 5.32 Å².